The summed E-state index contributed by atoms with van der Waals surface area (Å²) in [6, 6.07) is 0. The summed E-state index contributed by atoms with van der Waals surface area (Å²) in [6.45, 7) is 2.03. The molecule has 82 valence electrons. The number of fused-ring (bicyclic) bond motifs is 1. The molecule has 2 aliphatic rings. The van der Waals surface area contributed by atoms with Crippen molar-refractivity contribution in [3.05, 3.63) is 0 Å². The van der Waals surface area contributed by atoms with Crippen molar-refractivity contribution in [2.24, 2.45) is 11.8 Å². The maximum Gasteiger partial charge on any atom is 0.153 e. The first-order valence-electron chi connectivity index (χ1n) is 5.86. The van der Waals surface area contributed by atoms with E-state index in [9.17, 15) is 8.42 Å². The standard InChI is InChI=1S/C11H20O2S/c1-2-11-10-6-4-3-5-9(10)7-8-14(11,12)13/h9-11H,2-8H2,1H3. The quantitative estimate of drug-likeness (QED) is 0.674. The van der Waals surface area contributed by atoms with Crippen LogP contribution in [-0.2, 0) is 9.84 Å². The van der Waals surface area contributed by atoms with E-state index in [0.29, 0.717) is 11.7 Å². The highest BCUT2D eigenvalue weighted by Crippen LogP contribution is 2.41. The minimum atomic E-state index is -2.74. The zero-order valence-electron chi connectivity index (χ0n) is 8.91. The Labute approximate surface area is 87.0 Å². The molecule has 2 fully saturated rings. The van der Waals surface area contributed by atoms with Crippen LogP contribution in [0.25, 0.3) is 0 Å². The molecule has 0 spiro atoms. The van der Waals surface area contributed by atoms with Gasteiger partial charge in [-0.05, 0) is 31.1 Å². The Kier molecular flexibility index (Phi) is 2.87. The maximum atomic E-state index is 11.9. The molecule has 1 saturated heterocycles. The first-order chi connectivity index (χ1) is 6.65. The molecule has 3 heteroatoms. The van der Waals surface area contributed by atoms with Crippen molar-refractivity contribution in [3.63, 3.8) is 0 Å². The Morgan fingerprint density at radius 3 is 2.57 bits per heavy atom. The van der Waals surface area contributed by atoms with E-state index in [2.05, 4.69) is 0 Å². The Hall–Kier alpha value is -0.0500. The summed E-state index contributed by atoms with van der Waals surface area (Å²) in [4.78, 5) is 0. The van der Waals surface area contributed by atoms with Gasteiger partial charge in [-0.1, -0.05) is 26.2 Å². The Morgan fingerprint density at radius 1 is 1.14 bits per heavy atom. The molecule has 3 unspecified atom stereocenters. The second kappa shape index (κ2) is 3.84. The molecule has 2 rings (SSSR count). The molecule has 0 bridgehead atoms. The third-order valence-electron chi connectivity index (χ3n) is 4.08. The molecule has 0 amide bonds. The summed E-state index contributed by atoms with van der Waals surface area (Å²) in [7, 11) is -2.74. The molecular weight excluding hydrogens is 196 g/mol. The lowest BCUT2D eigenvalue weighted by molar-refractivity contribution is 0.208. The molecule has 1 saturated carbocycles. The maximum absolute atomic E-state index is 11.9. The van der Waals surface area contributed by atoms with Crippen molar-refractivity contribution < 1.29 is 8.42 Å². The van der Waals surface area contributed by atoms with Gasteiger partial charge in [-0.25, -0.2) is 8.42 Å². The minimum Gasteiger partial charge on any atom is -0.229 e. The molecule has 1 aliphatic carbocycles. The second-order valence-electron chi connectivity index (χ2n) is 4.81. The smallest absolute Gasteiger partial charge is 0.153 e. The van der Waals surface area contributed by atoms with Crippen molar-refractivity contribution in [2.45, 2.75) is 50.7 Å². The highest BCUT2D eigenvalue weighted by molar-refractivity contribution is 7.92. The number of hydrogen-bond donors (Lipinski definition) is 0. The summed E-state index contributed by atoms with van der Waals surface area (Å²) in [6.07, 6.45) is 6.75. The molecule has 2 nitrogen and oxygen atoms in total. The summed E-state index contributed by atoms with van der Waals surface area (Å²) in [5, 5.41) is -0.0125. The summed E-state index contributed by atoms with van der Waals surface area (Å²) < 4.78 is 23.7. The second-order valence-corrected chi connectivity index (χ2v) is 7.15. The topological polar surface area (TPSA) is 34.1 Å². The van der Waals surface area contributed by atoms with Crippen LogP contribution in [0.5, 0.6) is 0 Å². The van der Waals surface area contributed by atoms with E-state index in [-0.39, 0.29) is 5.25 Å². The van der Waals surface area contributed by atoms with E-state index < -0.39 is 9.84 Å². The van der Waals surface area contributed by atoms with Crippen LogP contribution in [0.2, 0.25) is 0 Å². The van der Waals surface area contributed by atoms with Gasteiger partial charge in [0.2, 0.25) is 0 Å². The predicted molar refractivity (Wildman–Crippen MR) is 57.9 cm³/mol. The predicted octanol–water partition coefficient (Wildman–Crippen LogP) is 2.39. The molecule has 1 heterocycles. The molecule has 0 aromatic carbocycles. The van der Waals surface area contributed by atoms with Gasteiger partial charge in [-0.2, -0.15) is 0 Å². The van der Waals surface area contributed by atoms with Gasteiger partial charge in [0.15, 0.2) is 9.84 Å². The molecular formula is C11H20O2S. The van der Waals surface area contributed by atoms with E-state index >= 15 is 0 Å². The van der Waals surface area contributed by atoms with Crippen LogP contribution in [0.15, 0.2) is 0 Å². The third kappa shape index (κ3) is 1.71. The van der Waals surface area contributed by atoms with Gasteiger partial charge in [-0.15, -0.1) is 0 Å². The van der Waals surface area contributed by atoms with Crippen LogP contribution in [0, 0.1) is 11.8 Å². The van der Waals surface area contributed by atoms with Crippen LogP contribution < -0.4 is 0 Å². The lowest BCUT2D eigenvalue weighted by Gasteiger charge is -2.40. The Morgan fingerprint density at radius 2 is 1.86 bits per heavy atom. The fraction of sp³-hybridized carbons (Fsp3) is 1.00. The SMILES string of the molecule is CCC1C2CCCCC2CCS1(=O)=O. The summed E-state index contributed by atoms with van der Waals surface area (Å²) >= 11 is 0. The van der Waals surface area contributed by atoms with E-state index in [1.807, 2.05) is 6.92 Å². The van der Waals surface area contributed by atoms with E-state index in [0.717, 1.165) is 25.2 Å². The van der Waals surface area contributed by atoms with Gasteiger partial charge in [0, 0.05) is 0 Å². The highest BCUT2D eigenvalue weighted by Gasteiger charge is 2.42. The van der Waals surface area contributed by atoms with Crippen molar-refractivity contribution in [2.75, 3.05) is 5.75 Å². The third-order valence-corrected chi connectivity index (χ3v) is 6.49. The van der Waals surface area contributed by atoms with Crippen molar-refractivity contribution >= 4 is 9.84 Å². The number of rotatable bonds is 1. The summed E-state index contributed by atoms with van der Waals surface area (Å²) in [5.41, 5.74) is 0. The minimum absolute atomic E-state index is 0.0125. The first-order valence-corrected chi connectivity index (χ1v) is 7.58. The Balaban J connectivity index is 2.21. The highest BCUT2D eigenvalue weighted by atomic mass is 32.2. The molecule has 14 heavy (non-hydrogen) atoms. The average Bonchev–Trinajstić information content (AvgIpc) is 2.17. The van der Waals surface area contributed by atoms with E-state index in [1.54, 1.807) is 0 Å². The van der Waals surface area contributed by atoms with Crippen LogP contribution >= 0.6 is 0 Å². The lowest BCUT2D eigenvalue weighted by Crippen LogP contribution is -2.42. The van der Waals surface area contributed by atoms with Crippen LogP contribution in [-0.4, -0.2) is 19.4 Å². The largest absolute Gasteiger partial charge is 0.229 e. The van der Waals surface area contributed by atoms with Crippen LogP contribution in [0.4, 0.5) is 0 Å². The van der Waals surface area contributed by atoms with Crippen LogP contribution in [0.3, 0.4) is 0 Å². The number of hydrogen-bond acceptors (Lipinski definition) is 2. The normalized spacial score (nSPS) is 41.6. The van der Waals surface area contributed by atoms with E-state index in [1.165, 1.54) is 19.3 Å². The fourth-order valence-corrected chi connectivity index (χ4v) is 5.71. The zero-order chi connectivity index (χ0) is 10.2. The van der Waals surface area contributed by atoms with E-state index in [4.69, 9.17) is 0 Å². The van der Waals surface area contributed by atoms with Gasteiger partial charge in [-0.3, -0.25) is 0 Å². The van der Waals surface area contributed by atoms with Crippen molar-refractivity contribution in [1.29, 1.82) is 0 Å². The van der Waals surface area contributed by atoms with Gasteiger partial charge >= 0.3 is 0 Å². The molecule has 0 radical (unpaired) electrons. The average molecular weight is 216 g/mol. The molecule has 0 aromatic rings. The Bertz CT molecular complexity index is 294. The molecule has 3 atom stereocenters. The molecule has 0 aromatic heterocycles. The van der Waals surface area contributed by atoms with Crippen molar-refractivity contribution in [1.82, 2.24) is 0 Å². The van der Waals surface area contributed by atoms with Gasteiger partial charge in [0.1, 0.15) is 0 Å². The number of sulfone groups is 1. The van der Waals surface area contributed by atoms with Gasteiger partial charge in [0.25, 0.3) is 0 Å². The zero-order valence-corrected chi connectivity index (χ0v) is 9.72. The van der Waals surface area contributed by atoms with Gasteiger partial charge < -0.3 is 0 Å². The van der Waals surface area contributed by atoms with Crippen molar-refractivity contribution in [3.8, 4) is 0 Å². The van der Waals surface area contributed by atoms with Crippen LogP contribution in [0.1, 0.15) is 45.4 Å². The lowest BCUT2D eigenvalue weighted by atomic mass is 9.75. The fourth-order valence-electron chi connectivity index (χ4n) is 3.37. The first kappa shape index (κ1) is 10.5. The summed E-state index contributed by atoms with van der Waals surface area (Å²) in [5.74, 6) is 1.66. The molecule has 0 N–H and O–H groups in total. The molecule has 1 aliphatic heterocycles. The monoisotopic (exact) mass is 216 g/mol. The van der Waals surface area contributed by atoms with Gasteiger partial charge in [0.05, 0.1) is 11.0 Å².